The third kappa shape index (κ3) is 2.85. The standard InChI is InChI=1S/C18H18N4O4/c1-10-9-13(16(23)20-11-5-7-12(26-4)8-6-11)14-15(19-10)21(2)18(25)22(3)17(14)24/h5-9H,1-4H3,(H,20,23). The first-order valence-electron chi connectivity index (χ1n) is 7.86. The van der Waals surface area contributed by atoms with Crippen molar-refractivity contribution in [3.05, 3.63) is 62.4 Å². The van der Waals surface area contributed by atoms with E-state index in [1.165, 1.54) is 24.7 Å². The molecule has 0 saturated carbocycles. The number of hydrogen-bond donors (Lipinski definition) is 1. The smallest absolute Gasteiger partial charge is 0.332 e. The molecule has 3 aromatic rings. The number of aryl methyl sites for hydroxylation is 2. The summed E-state index contributed by atoms with van der Waals surface area (Å²) in [6, 6.07) is 8.36. The number of benzene rings is 1. The molecule has 0 atom stereocenters. The lowest BCUT2D eigenvalue weighted by Gasteiger charge is -2.12. The molecule has 8 heteroatoms. The van der Waals surface area contributed by atoms with Gasteiger partial charge in [0.25, 0.3) is 11.5 Å². The largest absolute Gasteiger partial charge is 0.497 e. The number of aromatic nitrogens is 3. The first kappa shape index (κ1) is 17.4. The first-order valence-corrected chi connectivity index (χ1v) is 7.86. The maximum Gasteiger partial charge on any atom is 0.332 e. The molecule has 0 spiro atoms. The summed E-state index contributed by atoms with van der Waals surface area (Å²) in [5.41, 5.74) is 0.371. The van der Waals surface area contributed by atoms with Crippen molar-refractivity contribution < 1.29 is 9.53 Å². The molecule has 1 N–H and O–H groups in total. The fourth-order valence-corrected chi connectivity index (χ4v) is 2.73. The van der Waals surface area contributed by atoms with Crippen LogP contribution in [0.15, 0.2) is 39.9 Å². The van der Waals surface area contributed by atoms with Gasteiger partial charge in [-0.3, -0.25) is 18.7 Å². The molecule has 2 heterocycles. The van der Waals surface area contributed by atoms with E-state index in [0.717, 1.165) is 4.57 Å². The van der Waals surface area contributed by atoms with Gasteiger partial charge in [-0.05, 0) is 37.3 Å². The number of ether oxygens (including phenoxy) is 1. The lowest BCUT2D eigenvalue weighted by molar-refractivity contribution is 0.102. The molecule has 1 aromatic carbocycles. The summed E-state index contributed by atoms with van der Waals surface area (Å²) < 4.78 is 7.31. The molecule has 3 rings (SSSR count). The van der Waals surface area contributed by atoms with E-state index in [1.54, 1.807) is 38.3 Å². The van der Waals surface area contributed by atoms with Gasteiger partial charge in [-0.1, -0.05) is 0 Å². The van der Waals surface area contributed by atoms with E-state index in [-0.39, 0.29) is 16.6 Å². The molecule has 0 fully saturated rings. The molecular formula is C18H18N4O4. The Hall–Kier alpha value is -3.42. The fourth-order valence-electron chi connectivity index (χ4n) is 2.73. The summed E-state index contributed by atoms with van der Waals surface area (Å²) in [6.45, 7) is 1.70. The predicted molar refractivity (Wildman–Crippen MR) is 97.9 cm³/mol. The minimum Gasteiger partial charge on any atom is -0.497 e. The number of amides is 1. The monoisotopic (exact) mass is 354 g/mol. The number of anilines is 1. The Labute approximate surface area is 148 Å². The molecule has 0 radical (unpaired) electrons. The summed E-state index contributed by atoms with van der Waals surface area (Å²) in [5.74, 6) is 0.207. The quantitative estimate of drug-likeness (QED) is 0.763. The van der Waals surface area contributed by atoms with E-state index >= 15 is 0 Å². The average molecular weight is 354 g/mol. The summed E-state index contributed by atoms with van der Waals surface area (Å²) in [4.78, 5) is 41.8. The van der Waals surface area contributed by atoms with Crippen LogP contribution in [-0.2, 0) is 14.1 Å². The molecule has 0 saturated heterocycles. The summed E-state index contributed by atoms with van der Waals surface area (Å²) in [6.07, 6.45) is 0. The van der Waals surface area contributed by atoms with Crippen molar-refractivity contribution >= 4 is 22.6 Å². The highest BCUT2D eigenvalue weighted by Gasteiger charge is 2.19. The maximum atomic E-state index is 12.8. The third-order valence-corrected chi connectivity index (χ3v) is 4.13. The van der Waals surface area contributed by atoms with Crippen LogP contribution in [0.25, 0.3) is 11.0 Å². The van der Waals surface area contributed by atoms with Crippen molar-refractivity contribution in [2.24, 2.45) is 14.1 Å². The molecule has 8 nitrogen and oxygen atoms in total. The Morgan fingerprint density at radius 2 is 1.77 bits per heavy atom. The van der Waals surface area contributed by atoms with Crippen LogP contribution in [0.4, 0.5) is 5.69 Å². The number of nitrogens with one attached hydrogen (secondary N) is 1. The van der Waals surface area contributed by atoms with Crippen LogP contribution < -0.4 is 21.3 Å². The third-order valence-electron chi connectivity index (χ3n) is 4.13. The van der Waals surface area contributed by atoms with Gasteiger partial charge >= 0.3 is 5.69 Å². The van der Waals surface area contributed by atoms with Crippen LogP contribution in [0.1, 0.15) is 16.1 Å². The topological polar surface area (TPSA) is 95.2 Å². The van der Waals surface area contributed by atoms with Crippen molar-refractivity contribution in [1.82, 2.24) is 14.1 Å². The number of pyridine rings is 1. The van der Waals surface area contributed by atoms with E-state index in [0.29, 0.717) is 17.1 Å². The zero-order chi connectivity index (χ0) is 19.0. The normalized spacial score (nSPS) is 10.8. The number of hydrogen-bond acceptors (Lipinski definition) is 5. The molecule has 1 amide bonds. The van der Waals surface area contributed by atoms with Crippen LogP contribution >= 0.6 is 0 Å². The Morgan fingerprint density at radius 1 is 1.12 bits per heavy atom. The van der Waals surface area contributed by atoms with E-state index < -0.39 is 17.2 Å². The molecule has 0 unspecified atom stereocenters. The SMILES string of the molecule is COc1ccc(NC(=O)c2cc(C)nc3c2c(=O)n(C)c(=O)n3C)cc1. The molecule has 0 aliphatic heterocycles. The summed E-state index contributed by atoms with van der Waals surface area (Å²) in [5, 5.41) is 2.85. The molecular weight excluding hydrogens is 336 g/mol. The highest BCUT2D eigenvalue weighted by Crippen LogP contribution is 2.18. The van der Waals surface area contributed by atoms with Gasteiger partial charge in [0.15, 0.2) is 0 Å². The van der Waals surface area contributed by atoms with Crippen LogP contribution in [-0.4, -0.2) is 27.1 Å². The highest BCUT2D eigenvalue weighted by molar-refractivity contribution is 6.11. The summed E-state index contributed by atoms with van der Waals surface area (Å²) in [7, 11) is 4.44. The van der Waals surface area contributed by atoms with Gasteiger partial charge in [0.2, 0.25) is 0 Å². The van der Waals surface area contributed by atoms with Gasteiger partial charge in [-0.25, -0.2) is 9.78 Å². The lowest BCUT2D eigenvalue weighted by atomic mass is 10.1. The number of methoxy groups -OCH3 is 1. The number of carbonyl (C=O) groups is 1. The van der Waals surface area contributed by atoms with E-state index in [9.17, 15) is 14.4 Å². The molecule has 2 aromatic heterocycles. The number of rotatable bonds is 3. The van der Waals surface area contributed by atoms with Gasteiger partial charge in [0.05, 0.1) is 18.1 Å². The predicted octanol–water partition coefficient (Wildman–Crippen LogP) is 1.20. The van der Waals surface area contributed by atoms with Gasteiger partial charge in [0.1, 0.15) is 11.4 Å². The average Bonchev–Trinajstić information content (AvgIpc) is 2.64. The van der Waals surface area contributed by atoms with Crippen molar-refractivity contribution in [3.63, 3.8) is 0 Å². The van der Waals surface area contributed by atoms with Crippen LogP contribution in [0.2, 0.25) is 0 Å². The van der Waals surface area contributed by atoms with E-state index in [2.05, 4.69) is 10.3 Å². The van der Waals surface area contributed by atoms with Crippen LogP contribution in [0.5, 0.6) is 5.75 Å². The van der Waals surface area contributed by atoms with Crippen molar-refractivity contribution in [1.29, 1.82) is 0 Å². The van der Waals surface area contributed by atoms with Gasteiger partial charge in [-0.15, -0.1) is 0 Å². The van der Waals surface area contributed by atoms with Crippen molar-refractivity contribution in [3.8, 4) is 5.75 Å². The summed E-state index contributed by atoms with van der Waals surface area (Å²) >= 11 is 0. The van der Waals surface area contributed by atoms with Crippen molar-refractivity contribution in [2.45, 2.75) is 6.92 Å². The van der Waals surface area contributed by atoms with Crippen LogP contribution in [0, 0.1) is 6.92 Å². The van der Waals surface area contributed by atoms with E-state index in [1.807, 2.05) is 0 Å². The maximum absolute atomic E-state index is 12.8. The first-order chi connectivity index (χ1) is 12.3. The lowest BCUT2D eigenvalue weighted by Crippen LogP contribution is -2.38. The molecule has 134 valence electrons. The molecule has 0 bridgehead atoms. The minimum atomic E-state index is -0.560. The number of carbonyl (C=O) groups excluding carboxylic acids is 1. The Morgan fingerprint density at radius 3 is 2.38 bits per heavy atom. The molecule has 26 heavy (non-hydrogen) atoms. The number of fused-ring (bicyclic) bond motifs is 1. The van der Waals surface area contributed by atoms with Gasteiger partial charge < -0.3 is 10.1 Å². The van der Waals surface area contributed by atoms with Gasteiger partial charge in [0, 0.05) is 25.5 Å². The van der Waals surface area contributed by atoms with Crippen molar-refractivity contribution in [2.75, 3.05) is 12.4 Å². The van der Waals surface area contributed by atoms with E-state index in [4.69, 9.17) is 4.74 Å². The van der Waals surface area contributed by atoms with Crippen LogP contribution in [0.3, 0.4) is 0 Å². The second kappa shape index (κ2) is 6.47. The second-order valence-electron chi connectivity index (χ2n) is 5.90. The minimum absolute atomic E-state index is 0.103. The molecule has 0 aliphatic rings. The highest BCUT2D eigenvalue weighted by atomic mass is 16.5. The zero-order valence-electron chi connectivity index (χ0n) is 14.9. The Bertz CT molecular complexity index is 1130. The van der Waals surface area contributed by atoms with Gasteiger partial charge in [-0.2, -0.15) is 0 Å². The Balaban J connectivity index is 2.16. The second-order valence-corrected chi connectivity index (χ2v) is 5.90. The zero-order valence-corrected chi connectivity index (χ0v) is 14.9. The number of nitrogens with zero attached hydrogens (tertiary/aromatic N) is 3. The fraction of sp³-hybridized carbons (Fsp3) is 0.222. The molecule has 0 aliphatic carbocycles. The Kier molecular flexibility index (Phi) is 4.33.